The van der Waals surface area contributed by atoms with Gasteiger partial charge in [0.1, 0.15) is 5.60 Å². The van der Waals surface area contributed by atoms with Gasteiger partial charge in [-0.05, 0) is 49.8 Å². The molecular weight excluding hydrogens is 198 g/mol. The quantitative estimate of drug-likeness (QED) is 0.753. The van der Waals surface area contributed by atoms with E-state index >= 15 is 0 Å². The fraction of sp³-hybridized carbons (Fsp3) is 0.571. The summed E-state index contributed by atoms with van der Waals surface area (Å²) in [7, 11) is 0. The van der Waals surface area contributed by atoms with Gasteiger partial charge in [0.25, 0.3) is 0 Å². The summed E-state index contributed by atoms with van der Waals surface area (Å²) in [6.45, 7) is 1.05. The average molecular weight is 217 g/mol. The average Bonchev–Trinajstić information content (AvgIpc) is 2.84. The smallest absolute Gasteiger partial charge is 0.105 e. The van der Waals surface area contributed by atoms with Crippen molar-refractivity contribution in [1.82, 2.24) is 5.32 Å². The van der Waals surface area contributed by atoms with Crippen molar-refractivity contribution in [2.24, 2.45) is 0 Å². The minimum atomic E-state index is -0.620. The van der Waals surface area contributed by atoms with Crippen LogP contribution in [0.5, 0.6) is 0 Å². The van der Waals surface area contributed by atoms with Crippen LogP contribution in [0.2, 0.25) is 0 Å². The molecule has 0 bridgehead atoms. The summed E-state index contributed by atoms with van der Waals surface area (Å²) in [5.41, 5.74) is 1.89. The molecule has 0 amide bonds. The number of rotatable bonds is 1. The second-order valence-corrected chi connectivity index (χ2v) is 5.08. The number of nitrogens with one attached hydrogen (secondary N) is 1. The third kappa shape index (κ3) is 1.48. The molecule has 1 aliphatic carbocycles. The molecule has 0 saturated carbocycles. The lowest BCUT2D eigenvalue weighted by molar-refractivity contribution is -0.0134. The van der Waals surface area contributed by atoms with Crippen LogP contribution in [0.4, 0.5) is 0 Å². The second-order valence-electron chi connectivity index (χ2n) is 5.08. The van der Waals surface area contributed by atoms with Crippen LogP contribution in [0.15, 0.2) is 24.3 Å². The van der Waals surface area contributed by atoms with Gasteiger partial charge in [0, 0.05) is 6.04 Å². The Labute approximate surface area is 96.7 Å². The molecule has 2 atom stereocenters. The van der Waals surface area contributed by atoms with Crippen LogP contribution in [0.1, 0.15) is 36.8 Å². The summed E-state index contributed by atoms with van der Waals surface area (Å²) in [5.74, 6) is 0. The van der Waals surface area contributed by atoms with E-state index in [1.54, 1.807) is 0 Å². The normalized spacial score (nSPS) is 33.7. The Balaban J connectivity index is 2.02. The molecule has 0 radical (unpaired) electrons. The van der Waals surface area contributed by atoms with E-state index in [0.717, 1.165) is 32.2 Å². The lowest BCUT2D eigenvalue weighted by atomic mass is 9.74. The Hall–Kier alpha value is -0.860. The summed E-state index contributed by atoms with van der Waals surface area (Å²) < 4.78 is 0. The lowest BCUT2D eigenvalue weighted by Crippen LogP contribution is -2.47. The highest BCUT2D eigenvalue weighted by Crippen LogP contribution is 2.40. The van der Waals surface area contributed by atoms with Gasteiger partial charge in [0.2, 0.25) is 0 Å². The van der Waals surface area contributed by atoms with Crippen molar-refractivity contribution in [3.05, 3.63) is 35.4 Å². The fourth-order valence-corrected chi connectivity index (χ4v) is 3.30. The highest BCUT2D eigenvalue weighted by atomic mass is 16.3. The van der Waals surface area contributed by atoms with E-state index in [9.17, 15) is 5.11 Å². The molecule has 2 heteroatoms. The van der Waals surface area contributed by atoms with Gasteiger partial charge in [0.15, 0.2) is 0 Å². The first-order valence-corrected chi connectivity index (χ1v) is 6.35. The third-order valence-corrected chi connectivity index (χ3v) is 4.12. The zero-order valence-electron chi connectivity index (χ0n) is 9.58. The van der Waals surface area contributed by atoms with Crippen LogP contribution < -0.4 is 5.32 Å². The first-order chi connectivity index (χ1) is 7.81. The van der Waals surface area contributed by atoms with E-state index in [4.69, 9.17) is 0 Å². The second kappa shape index (κ2) is 3.86. The van der Waals surface area contributed by atoms with Crippen LogP contribution in [0, 0.1) is 0 Å². The molecule has 1 aromatic rings. The zero-order chi connectivity index (χ0) is 11.0. The number of hydrogen-bond donors (Lipinski definition) is 2. The minimum absolute atomic E-state index is 0.258. The van der Waals surface area contributed by atoms with E-state index < -0.39 is 5.60 Å². The maximum Gasteiger partial charge on any atom is 0.105 e. The maximum absolute atomic E-state index is 11.0. The molecule has 2 nitrogen and oxygen atoms in total. The van der Waals surface area contributed by atoms with Gasteiger partial charge in [0.05, 0.1) is 0 Å². The zero-order valence-corrected chi connectivity index (χ0v) is 9.58. The molecule has 1 fully saturated rings. The molecule has 2 N–H and O–H groups in total. The van der Waals surface area contributed by atoms with Crippen LogP contribution in [0.25, 0.3) is 0 Å². The molecule has 1 aliphatic heterocycles. The van der Waals surface area contributed by atoms with Crippen molar-refractivity contribution in [2.45, 2.75) is 43.7 Å². The highest BCUT2D eigenvalue weighted by Gasteiger charge is 2.42. The van der Waals surface area contributed by atoms with Crippen LogP contribution in [0.3, 0.4) is 0 Å². The molecule has 2 aliphatic rings. The number of aliphatic hydroxyl groups is 1. The van der Waals surface area contributed by atoms with E-state index in [1.165, 1.54) is 17.5 Å². The Bertz CT molecular complexity index is 384. The molecule has 0 aromatic heterocycles. The molecule has 3 rings (SSSR count). The van der Waals surface area contributed by atoms with Gasteiger partial charge in [-0.25, -0.2) is 0 Å². The SMILES string of the molecule is OC1(C2CCCN2)CCCc2ccccc21. The predicted molar refractivity (Wildman–Crippen MR) is 64.3 cm³/mol. The van der Waals surface area contributed by atoms with Crippen molar-refractivity contribution in [3.8, 4) is 0 Å². The van der Waals surface area contributed by atoms with Crippen molar-refractivity contribution < 1.29 is 5.11 Å². The molecule has 1 saturated heterocycles. The van der Waals surface area contributed by atoms with E-state index in [0.29, 0.717) is 0 Å². The maximum atomic E-state index is 11.0. The van der Waals surface area contributed by atoms with Crippen LogP contribution in [-0.2, 0) is 12.0 Å². The van der Waals surface area contributed by atoms with E-state index in [2.05, 4.69) is 23.5 Å². The molecule has 2 unspecified atom stereocenters. The van der Waals surface area contributed by atoms with Crippen molar-refractivity contribution in [3.63, 3.8) is 0 Å². The summed E-state index contributed by atoms with van der Waals surface area (Å²) in [6.07, 6.45) is 5.42. The molecule has 1 heterocycles. The monoisotopic (exact) mass is 217 g/mol. The predicted octanol–water partition coefficient (Wildman–Crippen LogP) is 1.96. The van der Waals surface area contributed by atoms with Gasteiger partial charge >= 0.3 is 0 Å². The van der Waals surface area contributed by atoms with Gasteiger partial charge in [-0.15, -0.1) is 0 Å². The van der Waals surface area contributed by atoms with Crippen molar-refractivity contribution in [1.29, 1.82) is 0 Å². The molecule has 16 heavy (non-hydrogen) atoms. The number of hydrogen-bond acceptors (Lipinski definition) is 2. The summed E-state index contributed by atoms with van der Waals surface area (Å²) in [6, 6.07) is 8.65. The molecule has 1 aromatic carbocycles. The van der Waals surface area contributed by atoms with Gasteiger partial charge in [-0.3, -0.25) is 0 Å². The van der Waals surface area contributed by atoms with Gasteiger partial charge < -0.3 is 10.4 Å². The highest BCUT2D eigenvalue weighted by molar-refractivity contribution is 5.36. The van der Waals surface area contributed by atoms with Crippen molar-refractivity contribution >= 4 is 0 Å². The first kappa shape index (κ1) is 10.3. The fourth-order valence-electron chi connectivity index (χ4n) is 3.30. The Morgan fingerprint density at radius 1 is 1.25 bits per heavy atom. The van der Waals surface area contributed by atoms with E-state index in [-0.39, 0.29) is 6.04 Å². The largest absolute Gasteiger partial charge is 0.384 e. The number of fused-ring (bicyclic) bond motifs is 1. The summed E-state index contributed by atoms with van der Waals surface area (Å²) >= 11 is 0. The van der Waals surface area contributed by atoms with Gasteiger partial charge in [-0.2, -0.15) is 0 Å². The van der Waals surface area contributed by atoms with E-state index in [1.807, 2.05) is 6.07 Å². The Morgan fingerprint density at radius 3 is 2.94 bits per heavy atom. The minimum Gasteiger partial charge on any atom is -0.384 e. The topological polar surface area (TPSA) is 32.3 Å². The lowest BCUT2D eigenvalue weighted by Gasteiger charge is -2.39. The van der Waals surface area contributed by atoms with Crippen molar-refractivity contribution in [2.75, 3.05) is 6.54 Å². The molecule has 0 spiro atoms. The first-order valence-electron chi connectivity index (χ1n) is 6.35. The van der Waals surface area contributed by atoms with Gasteiger partial charge in [-0.1, -0.05) is 24.3 Å². The summed E-state index contributed by atoms with van der Waals surface area (Å²) in [5, 5.41) is 14.4. The number of aryl methyl sites for hydroxylation is 1. The Morgan fingerprint density at radius 2 is 2.12 bits per heavy atom. The number of benzene rings is 1. The third-order valence-electron chi connectivity index (χ3n) is 4.12. The molecular formula is C14H19NO. The summed E-state index contributed by atoms with van der Waals surface area (Å²) in [4.78, 5) is 0. The Kier molecular flexibility index (Phi) is 2.49. The van der Waals surface area contributed by atoms with Crippen LogP contribution >= 0.6 is 0 Å². The standard InChI is InChI=1S/C14H19NO/c16-14(13-8-4-10-15-13)9-3-6-11-5-1-2-7-12(11)14/h1-2,5,7,13,15-16H,3-4,6,8-10H2. The molecule has 86 valence electrons. The van der Waals surface area contributed by atoms with Crippen LogP contribution in [-0.4, -0.2) is 17.7 Å².